The number of anilines is 4. The van der Waals surface area contributed by atoms with Gasteiger partial charge in [0.1, 0.15) is 0 Å². The van der Waals surface area contributed by atoms with Gasteiger partial charge in [0.05, 0.1) is 13.2 Å². The lowest BCUT2D eigenvalue weighted by molar-refractivity contribution is 0.122. The van der Waals surface area contributed by atoms with Crippen LogP contribution in [-0.2, 0) is 11.2 Å². The number of ether oxygens (including phenoxy) is 1. The zero-order chi connectivity index (χ0) is 22.9. The Balaban J connectivity index is 1.43. The highest BCUT2D eigenvalue weighted by Gasteiger charge is 2.18. The summed E-state index contributed by atoms with van der Waals surface area (Å²) in [7, 11) is 0. The van der Waals surface area contributed by atoms with Crippen molar-refractivity contribution in [3.05, 3.63) is 52.7 Å². The predicted molar refractivity (Wildman–Crippen MR) is 134 cm³/mol. The van der Waals surface area contributed by atoms with Crippen molar-refractivity contribution < 1.29 is 9.53 Å². The number of carbonyl (C=O) groups is 1. The molecule has 0 unspecified atom stereocenters. The van der Waals surface area contributed by atoms with E-state index in [2.05, 4.69) is 42.3 Å². The molecule has 1 saturated heterocycles. The van der Waals surface area contributed by atoms with Crippen LogP contribution in [0.1, 0.15) is 4.88 Å². The van der Waals surface area contributed by atoms with E-state index in [0.29, 0.717) is 49.6 Å². The van der Waals surface area contributed by atoms with E-state index in [-0.39, 0.29) is 11.9 Å². The number of hydrogen-bond acceptors (Lipinski definition) is 8. The van der Waals surface area contributed by atoms with E-state index < -0.39 is 6.03 Å². The first-order chi connectivity index (χ1) is 16.2. The van der Waals surface area contributed by atoms with Gasteiger partial charge in [-0.05, 0) is 42.2 Å². The molecule has 10 nitrogen and oxygen atoms in total. The summed E-state index contributed by atoms with van der Waals surface area (Å²) >= 11 is 7.10. The first-order valence-corrected chi connectivity index (χ1v) is 11.7. The van der Waals surface area contributed by atoms with Crippen molar-refractivity contribution in [3.63, 3.8) is 0 Å². The number of benzene rings is 1. The first kappa shape index (κ1) is 22.8. The number of para-hydroxylation sites is 1. The minimum atomic E-state index is -0.456. The predicted octanol–water partition coefficient (Wildman–Crippen LogP) is 2.94. The second-order valence-corrected chi connectivity index (χ2v) is 8.48. The Kier molecular flexibility index (Phi) is 7.95. The van der Waals surface area contributed by atoms with E-state index in [0.717, 1.165) is 6.42 Å². The maximum Gasteiger partial charge on any atom is 0.326 e. The standard InChI is InChI=1S/C21H24N8O2S2/c30-20(23-15-5-2-1-3-6-15)27-17-24-18(26-19(25-17)29-10-12-31-13-11-29)28-21(32)22-9-8-16-7-4-14-33-16/h1-7,14H,8-13H2,(H4,22,23,24,25,26,27,28,30,32). The van der Waals surface area contributed by atoms with Gasteiger partial charge >= 0.3 is 6.03 Å². The summed E-state index contributed by atoms with van der Waals surface area (Å²) in [5, 5.41) is 14.0. The van der Waals surface area contributed by atoms with Gasteiger partial charge in [0.25, 0.3) is 0 Å². The van der Waals surface area contributed by atoms with Crippen LogP contribution < -0.4 is 26.2 Å². The van der Waals surface area contributed by atoms with Crippen molar-refractivity contribution in [1.82, 2.24) is 20.3 Å². The molecule has 4 N–H and O–H groups in total. The molecule has 2 amide bonds. The second-order valence-electron chi connectivity index (χ2n) is 7.04. The van der Waals surface area contributed by atoms with E-state index in [1.807, 2.05) is 34.5 Å². The molecule has 1 aliphatic heterocycles. The molecule has 1 aromatic carbocycles. The number of amides is 2. The monoisotopic (exact) mass is 484 g/mol. The van der Waals surface area contributed by atoms with Gasteiger partial charge in [-0.25, -0.2) is 4.79 Å². The number of carbonyl (C=O) groups excluding carboxylic acids is 1. The topological polar surface area (TPSA) is 116 Å². The minimum Gasteiger partial charge on any atom is -0.378 e. The van der Waals surface area contributed by atoms with E-state index in [1.165, 1.54) is 4.88 Å². The zero-order valence-corrected chi connectivity index (χ0v) is 19.4. The molecule has 0 radical (unpaired) electrons. The van der Waals surface area contributed by atoms with E-state index >= 15 is 0 Å². The van der Waals surface area contributed by atoms with Crippen LogP contribution in [0.3, 0.4) is 0 Å². The Morgan fingerprint density at radius 3 is 2.48 bits per heavy atom. The normalized spacial score (nSPS) is 13.3. The van der Waals surface area contributed by atoms with Crippen LogP contribution in [0.5, 0.6) is 0 Å². The average Bonchev–Trinajstić information content (AvgIpc) is 3.33. The Morgan fingerprint density at radius 1 is 1.00 bits per heavy atom. The molecule has 0 spiro atoms. The van der Waals surface area contributed by atoms with Gasteiger partial charge in [0.2, 0.25) is 17.8 Å². The lowest BCUT2D eigenvalue weighted by atomic mass is 10.3. The fourth-order valence-electron chi connectivity index (χ4n) is 3.07. The molecule has 2 aromatic heterocycles. The molecule has 0 atom stereocenters. The summed E-state index contributed by atoms with van der Waals surface area (Å²) in [5.41, 5.74) is 0.659. The molecule has 1 aliphatic rings. The minimum absolute atomic E-state index is 0.115. The number of rotatable bonds is 7. The van der Waals surface area contributed by atoms with Crippen LogP contribution in [-0.4, -0.2) is 58.9 Å². The first-order valence-electron chi connectivity index (χ1n) is 10.4. The highest BCUT2D eigenvalue weighted by Crippen LogP contribution is 2.16. The van der Waals surface area contributed by atoms with Crippen LogP contribution in [0.25, 0.3) is 0 Å². The molecule has 0 bridgehead atoms. The molecule has 3 aromatic rings. The molecule has 172 valence electrons. The Labute approximate surface area is 200 Å². The molecule has 3 heterocycles. The Hall–Kier alpha value is -3.35. The third-order valence-electron chi connectivity index (χ3n) is 4.64. The Morgan fingerprint density at radius 2 is 1.76 bits per heavy atom. The van der Waals surface area contributed by atoms with Gasteiger partial charge in [-0.2, -0.15) is 15.0 Å². The molecular formula is C21H24N8O2S2. The van der Waals surface area contributed by atoms with Crippen molar-refractivity contribution in [1.29, 1.82) is 0 Å². The van der Waals surface area contributed by atoms with Crippen LogP contribution in [0.15, 0.2) is 47.8 Å². The van der Waals surface area contributed by atoms with Crippen molar-refractivity contribution in [2.75, 3.05) is 53.7 Å². The lowest BCUT2D eigenvalue weighted by Crippen LogP contribution is -2.38. The molecule has 0 saturated carbocycles. The summed E-state index contributed by atoms with van der Waals surface area (Å²) in [6.45, 7) is 3.12. The Bertz CT molecular complexity index is 1060. The molecule has 12 heteroatoms. The largest absolute Gasteiger partial charge is 0.378 e. The fourth-order valence-corrected chi connectivity index (χ4v) is 3.97. The van der Waals surface area contributed by atoms with Crippen molar-refractivity contribution in [2.24, 2.45) is 0 Å². The maximum atomic E-state index is 12.4. The summed E-state index contributed by atoms with van der Waals surface area (Å²) < 4.78 is 5.41. The van der Waals surface area contributed by atoms with Gasteiger partial charge in [0, 0.05) is 30.2 Å². The van der Waals surface area contributed by atoms with Crippen molar-refractivity contribution in [2.45, 2.75) is 6.42 Å². The van der Waals surface area contributed by atoms with Gasteiger partial charge < -0.3 is 25.6 Å². The van der Waals surface area contributed by atoms with Gasteiger partial charge in [-0.15, -0.1) is 11.3 Å². The SMILES string of the molecule is O=C(Nc1ccccc1)Nc1nc(NC(=S)NCCc2cccs2)nc(N2CCOCC2)n1. The summed E-state index contributed by atoms with van der Waals surface area (Å²) in [6.07, 6.45) is 0.863. The van der Waals surface area contributed by atoms with Gasteiger partial charge in [-0.1, -0.05) is 24.3 Å². The van der Waals surface area contributed by atoms with E-state index in [9.17, 15) is 4.79 Å². The summed E-state index contributed by atoms with van der Waals surface area (Å²) in [6, 6.07) is 12.8. The zero-order valence-electron chi connectivity index (χ0n) is 17.8. The highest BCUT2D eigenvalue weighted by atomic mass is 32.1. The number of thiocarbonyl (C=S) groups is 1. The second kappa shape index (κ2) is 11.5. The molecule has 4 rings (SSSR count). The van der Waals surface area contributed by atoms with E-state index in [1.54, 1.807) is 23.5 Å². The molecule has 0 aliphatic carbocycles. The summed E-state index contributed by atoms with van der Waals surface area (Å²) in [5.74, 6) is 0.797. The van der Waals surface area contributed by atoms with Crippen LogP contribution >= 0.6 is 23.6 Å². The average molecular weight is 485 g/mol. The number of nitrogens with zero attached hydrogens (tertiary/aromatic N) is 4. The quantitative estimate of drug-likeness (QED) is 0.376. The van der Waals surface area contributed by atoms with E-state index in [4.69, 9.17) is 17.0 Å². The number of morpholine rings is 1. The summed E-state index contributed by atoms with van der Waals surface area (Å²) in [4.78, 5) is 28.9. The maximum absolute atomic E-state index is 12.4. The number of nitrogens with one attached hydrogen (secondary N) is 4. The smallest absolute Gasteiger partial charge is 0.326 e. The van der Waals surface area contributed by atoms with Crippen LogP contribution in [0, 0.1) is 0 Å². The van der Waals surface area contributed by atoms with Crippen LogP contribution in [0.2, 0.25) is 0 Å². The lowest BCUT2D eigenvalue weighted by Gasteiger charge is -2.27. The number of thiophene rings is 1. The number of urea groups is 1. The third-order valence-corrected chi connectivity index (χ3v) is 5.82. The van der Waals surface area contributed by atoms with Gasteiger partial charge in [-0.3, -0.25) is 5.32 Å². The highest BCUT2D eigenvalue weighted by molar-refractivity contribution is 7.80. The molecule has 33 heavy (non-hydrogen) atoms. The van der Waals surface area contributed by atoms with Gasteiger partial charge in [0.15, 0.2) is 5.11 Å². The number of hydrogen-bond donors (Lipinski definition) is 4. The number of aromatic nitrogens is 3. The van der Waals surface area contributed by atoms with Crippen molar-refractivity contribution in [3.8, 4) is 0 Å². The van der Waals surface area contributed by atoms with Crippen molar-refractivity contribution >= 4 is 58.2 Å². The molecule has 1 fully saturated rings. The molecular weight excluding hydrogens is 460 g/mol. The fraction of sp³-hybridized carbons (Fsp3) is 0.286. The van der Waals surface area contributed by atoms with Crippen LogP contribution in [0.4, 0.5) is 28.3 Å². The third kappa shape index (κ3) is 7.07.